The van der Waals surface area contributed by atoms with Crippen molar-refractivity contribution in [3.05, 3.63) is 65.2 Å². The van der Waals surface area contributed by atoms with Crippen LogP contribution in [0.5, 0.6) is 0 Å². The zero-order chi connectivity index (χ0) is 12.5. The van der Waals surface area contributed by atoms with Gasteiger partial charge < -0.3 is 11.1 Å². The fourth-order valence-electron chi connectivity index (χ4n) is 2.73. The van der Waals surface area contributed by atoms with E-state index in [1.165, 1.54) is 22.4 Å². The molecular weight excluding hydrogens is 220 g/mol. The summed E-state index contributed by atoms with van der Waals surface area (Å²) in [7, 11) is 0. The van der Waals surface area contributed by atoms with Crippen LogP contribution in [0.4, 0.5) is 5.69 Å². The highest BCUT2D eigenvalue weighted by Gasteiger charge is 2.28. The summed E-state index contributed by atoms with van der Waals surface area (Å²) >= 11 is 0. The molecule has 2 nitrogen and oxygen atoms in total. The van der Waals surface area contributed by atoms with E-state index in [1.807, 2.05) is 0 Å². The molecule has 18 heavy (non-hydrogen) atoms. The van der Waals surface area contributed by atoms with E-state index in [2.05, 4.69) is 60.8 Å². The molecule has 0 spiro atoms. The Balaban J connectivity index is 1.90. The molecule has 92 valence electrons. The molecule has 0 aliphatic heterocycles. The number of benzene rings is 2. The van der Waals surface area contributed by atoms with Gasteiger partial charge in [-0.3, -0.25) is 0 Å². The molecule has 2 aromatic carbocycles. The van der Waals surface area contributed by atoms with Crippen molar-refractivity contribution in [2.75, 3.05) is 5.32 Å². The Morgan fingerprint density at radius 2 is 1.67 bits per heavy atom. The summed E-state index contributed by atoms with van der Waals surface area (Å²) < 4.78 is 0. The average molecular weight is 238 g/mol. The van der Waals surface area contributed by atoms with Crippen LogP contribution >= 0.6 is 0 Å². The lowest BCUT2D eigenvalue weighted by Gasteiger charge is -2.17. The van der Waals surface area contributed by atoms with Crippen LogP contribution in [0.2, 0.25) is 0 Å². The van der Waals surface area contributed by atoms with Gasteiger partial charge in [0.25, 0.3) is 0 Å². The van der Waals surface area contributed by atoms with Crippen LogP contribution < -0.4 is 11.1 Å². The molecule has 1 aliphatic rings. The second-order valence-electron chi connectivity index (χ2n) is 4.98. The quantitative estimate of drug-likeness (QED) is 0.839. The van der Waals surface area contributed by atoms with E-state index in [4.69, 9.17) is 5.73 Å². The van der Waals surface area contributed by atoms with Gasteiger partial charge in [-0.2, -0.15) is 0 Å². The third-order valence-corrected chi connectivity index (χ3v) is 3.74. The van der Waals surface area contributed by atoms with E-state index in [9.17, 15) is 0 Å². The molecule has 0 saturated heterocycles. The fourth-order valence-corrected chi connectivity index (χ4v) is 2.73. The SMILES string of the molecule is Cc1ccccc1NC1CC(N)c2ccccc21. The molecule has 0 heterocycles. The average Bonchev–Trinajstić information content (AvgIpc) is 2.70. The van der Waals surface area contributed by atoms with Gasteiger partial charge in [0.05, 0.1) is 6.04 Å². The van der Waals surface area contributed by atoms with Gasteiger partial charge >= 0.3 is 0 Å². The van der Waals surface area contributed by atoms with Crippen molar-refractivity contribution in [2.45, 2.75) is 25.4 Å². The van der Waals surface area contributed by atoms with E-state index in [1.54, 1.807) is 0 Å². The molecule has 3 N–H and O–H groups in total. The zero-order valence-electron chi connectivity index (χ0n) is 10.6. The van der Waals surface area contributed by atoms with Gasteiger partial charge in [0, 0.05) is 11.7 Å². The predicted molar refractivity (Wildman–Crippen MR) is 75.5 cm³/mol. The number of hydrogen-bond donors (Lipinski definition) is 2. The molecule has 2 aromatic rings. The van der Waals surface area contributed by atoms with Crippen molar-refractivity contribution in [2.24, 2.45) is 5.73 Å². The highest BCUT2D eigenvalue weighted by molar-refractivity contribution is 5.53. The first-order valence-corrected chi connectivity index (χ1v) is 6.42. The summed E-state index contributed by atoms with van der Waals surface area (Å²) in [5.74, 6) is 0. The van der Waals surface area contributed by atoms with Gasteiger partial charge in [0.1, 0.15) is 0 Å². The maximum atomic E-state index is 6.19. The van der Waals surface area contributed by atoms with Crippen molar-refractivity contribution in [3.63, 3.8) is 0 Å². The lowest BCUT2D eigenvalue weighted by Crippen LogP contribution is -2.10. The first-order valence-electron chi connectivity index (χ1n) is 6.42. The van der Waals surface area contributed by atoms with Gasteiger partial charge in [0.15, 0.2) is 0 Å². The van der Waals surface area contributed by atoms with Crippen molar-refractivity contribution in [1.82, 2.24) is 0 Å². The standard InChI is InChI=1S/C16H18N2/c1-11-6-2-5-9-15(11)18-16-10-14(17)12-7-3-4-8-13(12)16/h2-9,14,16,18H,10,17H2,1H3. The number of fused-ring (bicyclic) bond motifs is 1. The molecular formula is C16H18N2. The number of aryl methyl sites for hydroxylation is 1. The van der Waals surface area contributed by atoms with Crippen LogP contribution in [0.15, 0.2) is 48.5 Å². The van der Waals surface area contributed by atoms with E-state index in [0.29, 0.717) is 6.04 Å². The number of nitrogens with one attached hydrogen (secondary N) is 1. The van der Waals surface area contributed by atoms with Crippen LogP contribution in [0, 0.1) is 6.92 Å². The first-order chi connectivity index (χ1) is 8.75. The van der Waals surface area contributed by atoms with Gasteiger partial charge in [-0.05, 0) is 36.1 Å². The maximum absolute atomic E-state index is 6.19. The van der Waals surface area contributed by atoms with E-state index < -0.39 is 0 Å². The molecule has 3 rings (SSSR count). The van der Waals surface area contributed by atoms with Gasteiger partial charge in [-0.25, -0.2) is 0 Å². The third kappa shape index (κ3) is 1.89. The molecule has 2 heteroatoms. The van der Waals surface area contributed by atoms with Crippen LogP contribution in [0.25, 0.3) is 0 Å². The van der Waals surface area contributed by atoms with Gasteiger partial charge in [-0.1, -0.05) is 42.5 Å². The summed E-state index contributed by atoms with van der Waals surface area (Å²) in [6.45, 7) is 2.13. The molecule has 0 saturated carbocycles. The Hall–Kier alpha value is -1.80. The Bertz CT molecular complexity index is 563. The fraction of sp³-hybridized carbons (Fsp3) is 0.250. The normalized spacial score (nSPS) is 21.7. The molecule has 0 fully saturated rings. The summed E-state index contributed by atoms with van der Waals surface area (Å²) in [5, 5.41) is 3.62. The van der Waals surface area contributed by atoms with Crippen molar-refractivity contribution in [3.8, 4) is 0 Å². The van der Waals surface area contributed by atoms with E-state index in [-0.39, 0.29) is 6.04 Å². The number of para-hydroxylation sites is 1. The summed E-state index contributed by atoms with van der Waals surface area (Å²) in [6, 6.07) is 17.3. The third-order valence-electron chi connectivity index (χ3n) is 3.74. The minimum atomic E-state index is 0.155. The Morgan fingerprint density at radius 1 is 1.00 bits per heavy atom. The molecule has 0 radical (unpaired) electrons. The molecule has 1 aliphatic carbocycles. The van der Waals surface area contributed by atoms with Crippen LogP contribution in [0.1, 0.15) is 35.2 Å². The minimum Gasteiger partial charge on any atom is -0.378 e. The second-order valence-corrected chi connectivity index (χ2v) is 4.98. The largest absolute Gasteiger partial charge is 0.378 e. The Morgan fingerprint density at radius 3 is 2.44 bits per heavy atom. The van der Waals surface area contributed by atoms with E-state index >= 15 is 0 Å². The lowest BCUT2D eigenvalue weighted by atomic mass is 10.1. The van der Waals surface area contributed by atoms with Crippen molar-refractivity contribution >= 4 is 5.69 Å². The van der Waals surface area contributed by atoms with E-state index in [0.717, 1.165) is 6.42 Å². The number of anilines is 1. The molecule has 2 atom stereocenters. The summed E-state index contributed by atoms with van der Waals surface area (Å²) in [5.41, 5.74) is 11.3. The van der Waals surface area contributed by atoms with Gasteiger partial charge in [-0.15, -0.1) is 0 Å². The van der Waals surface area contributed by atoms with Gasteiger partial charge in [0.2, 0.25) is 0 Å². The van der Waals surface area contributed by atoms with Crippen molar-refractivity contribution < 1.29 is 0 Å². The first kappa shape index (κ1) is 11.3. The highest BCUT2D eigenvalue weighted by atomic mass is 14.9. The smallest absolute Gasteiger partial charge is 0.0535 e. The monoisotopic (exact) mass is 238 g/mol. The second kappa shape index (κ2) is 4.46. The molecule has 0 aromatic heterocycles. The lowest BCUT2D eigenvalue weighted by molar-refractivity contribution is 0.648. The summed E-state index contributed by atoms with van der Waals surface area (Å²) in [4.78, 5) is 0. The maximum Gasteiger partial charge on any atom is 0.0535 e. The minimum absolute atomic E-state index is 0.155. The Kier molecular flexibility index (Phi) is 2.80. The zero-order valence-corrected chi connectivity index (χ0v) is 10.6. The topological polar surface area (TPSA) is 38.0 Å². The highest BCUT2D eigenvalue weighted by Crippen LogP contribution is 2.39. The molecule has 0 amide bonds. The van der Waals surface area contributed by atoms with Crippen LogP contribution in [0.3, 0.4) is 0 Å². The number of nitrogens with two attached hydrogens (primary N) is 1. The molecule has 2 unspecified atom stereocenters. The Labute approximate surface area is 108 Å². The van der Waals surface area contributed by atoms with Crippen molar-refractivity contribution in [1.29, 1.82) is 0 Å². The number of hydrogen-bond acceptors (Lipinski definition) is 2. The van der Waals surface area contributed by atoms with Crippen LogP contribution in [-0.2, 0) is 0 Å². The summed E-state index contributed by atoms with van der Waals surface area (Å²) in [6.07, 6.45) is 0.966. The predicted octanol–water partition coefficient (Wildman–Crippen LogP) is 3.55. The molecule has 0 bridgehead atoms. The number of rotatable bonds is 2. The van der Waals surface area contributed by atoms with Crippen LogP contribution in [-0.4, -0.2) is 0 Å².